The van der Waals surface area contributed by atoms with Crippen LogP contribution in [0.2, 0.25) is 0 Å². The number of aromatic amines is 1. The number of fused-ring (bicyclic) bond motifs is 1. The van der Waals surface area contributed by atoms with Gasteiger partial charge in [-0.25, -0.2) is 0 Å². The number of hydrogen-bond acceptors (Lipinski definition) is 3. The molecule has 20 heavy (non-hydrogen) atoms. The number of H-pyrrole nitrogens is 1. The summed E-state index contributed by atoms with van der Waals surface area (Å²) in [4.78, 5) is 11.8. The van der Waals surface area contributed by atoms with Crippen molar-refractivity contribution in [2.24, 2.45) is 0 Å². The number of amides is 1. The monoisotopic (exact) mass is 271 g/mol. The van der Waals surface area contributed by atoms with Crippen molar-refractivity contribution in [2.45, 2.75) is 32.6 Å². The number of allylic oxidation sites excluding steroid dienone is 2. The van der Waals surface area contributed by atoms with E-state index in [1.807, 2.05) is 12.1 Å². The highest BCUT2D eigenvalue weighted by atomic mass is 16.3. The molecule has 1 unspecified atom stereocenters. The molecule has 0 aliphatic carbocycles. The second-order valence-corrected chi connectivity index (χ2v) is 5.00. The molecule has 5 nitrogen and oxygen atoms in total. The predicted molar refractivity (Wildman–Crippen MR) is 76.3 cm³/mol. The number of carbonyl (C=O) groups excluding carboxylic acids is 1. The highest BCUT2D eigenvalue weighted by molar-refractivity contribution is 5.95. The molecular weight excluding hydrogens is 254 g/mol. The van der Waals surface area contributed by atoms with Crippen LogP contribution in [0.25, 0.3) is 11.5 Å². The predicted octanol–water partition coefficient (Wildman–Crippen LogP) is 3.45. The average molecular weight is 271 g/mol. The Hall–Kier alpha value is -2.30. The van der Waals surface area contributed by atoms with Crippen LogP contribution in [-0.2, 0) is 4.79 Å². The van der Waals surface area contributed by atoms with Gasteiger partial charge in [0.15, 0.2) is 11.6 Å². The lowest BCUT2D eigenvalue weighted by molar-refractivity contribution is -0.116. The van der Waals surface area contributed by atoms with Crippen molar-refractivity contribution in [3.63, 3.8) is 0 Å². The topological polar surface area (TPSA) is 70.9 Å². The zero-order valence-corrected chi connectivity index (χ0v) is 11.6. The van der Waals surface area contributed by atoms with E-state index in [1.165, 1.54) is 5.57 Å². The molecule has 1 aliphatic rings. The molecule has 1 aliphatic heterocycles. The maximum Gasteiger partial charge on any atom is 0.226 e. The summed E-state index contributed by atoms with van der Waals surface area (Å²) in [5.74, 6) is 1.41. The van der Waals surface area contributed by atoms with Gasteiger partial charge in [0, 0.05) is 17.9 Å². The molecule has 1 amide bonds. The lowest BCUT2D eigenvalue weighted by Gasteiger charge is -2.23. The van der Waals surface area contributed by atoms with E-state index in [4.69, 9.17) is 4.42 Å². The summed E-state index contributed by atoms with van der Waals surface area (Å²) >= 11 is 0. The molecule has 0 aromatic carbocycles. The van der Waals surface area contributed by atoms with Crippen LogP contribution in [0.15, 0.2) is 34.5 Å². The first-order chi connectivity index (χ1) is 9.70. The SMILES string of the molecule is CC/C=C(\C)C1CC(=O)Nc2n[nH]c(-c3ccco3)c21. The third-order valence-electron chi connectivity index (χ3n) is 3.64. The normalized spacial score (nSPS) is 18.8. The maximum absolute atomic E-state index is 11.8. The van der Waals surface area contributed by atoms with Crippen molar-refractivity contribution in [3.8, 4) is 11.5 Å². The number of anilines is 1. The first-order valence-corrected chi connectivity index (χ1v) is 6.79. The number of furan rings is 1. The Morgan fingerprint density at radius 3 is 3.15 bits per heavy atom. The molecule has 3 rings (SSSR count). The van der Waals surface area contributed by atoms with Crippen LogP contribution in [0.3, 0.4) is 0 Å². The summed E-state index contributed by atoms with van der Waals surface area (Å²) in [6.07, 6.45) is 5.19. The first kappa shape index (κ1) is 12.7. The smallest absolute Gasteiger partial charge is 0.226 e. The van der Waals surface area contributed by atoms with Crippen LogP contribution in [0.4, 0.5) is 5.82 Å². The molecular formula is C15H17N3O2. The Morgan fingerprint density at radius 1 is 1.60 bits per heavy atom. The molecule has 2 aromatic rings. The van der Waals surface area contributed by atoms with Gasteiger partial charge in [0.2, 0.25) is 5.91 Å². The summed E-state index contributed by atoms with van der Waals surface area (Å²) in [6.45, 7) is 4.16. The largest absolute Gasteiger partial charge is 0.463 e. The van der Waals surface area contributed by atoms with Crippen LogP contribution in [0, 0.1) is 0 Å². The molecule has 0 fully saturated rings. The van der Waals surface area contributed by atoms with Gasteiger partial charge in [-0.15, -0.1) is 0 Å². The zero-order valence-electron chi connectivity index (χ0n) is 11.6. The van der Waals surface area contributed by atoms with Crippen LogP contribution in [-0.4, -0.2) is 16.1 Å². The fraction of sp³-hybridized carbons (Fsp3) is 0.333. The molecule has 0 saturated heterocycles. The van der Waals surface area contributed by atoms with Crippen molar-refractivity contribution in [1.29, 1.82) is 0 Å². The van der Waals surface area contributed by atoms with E-state index in [0.29, 0.717) is 12.2 Å². The molecule has 0 saturated carbocycles. The molecule has 2 aromatic heterocycles. The number of carbonyl (C=O) groups is 1. The van der Waals surface area contributed by atoms with Crippen molar-refractivity contribution in [3.05, 3.63) is 35.6 Å². The van der Waals surface area contributed by atoms with E-state index in [1.54, 1.807) is 6.26 Å². The van der Waals surface area contributed by atoms with Gasteiger partial charge >= 0.3 is 0 Å². The number of nitrogens with zero attached hydrogens (tertiary/aromatic N) is 1. The van der Waals surface area contributed by atoms with E-state index in [0.717, 1.165) is 23.4 Å². The molecule has 0 radical (unpaired) electrons. The zero-order chi connectivity index (χ0) is 14.1. The second-order valence-electron chi connectivity index (χ2n) is 5.00. The molecule has 2 N–H and O–H groups in total. The summed E-state index contributed by atoms with van der Waals surface area (Å²) in [5, 5.41) is 10.0. The fourth-order valence-corrected chi connectivity index (χ4v) is 2.72. The minimum atomic E-state index is 0.00356. The maximum atomic E-state index is 11.8. The van der Waals surface area contributed by atoms with Gasteiger partial charge in [0.25, 0.3) is 0 Å². The van der Waals surface area contributed by atoms with Crippen LogP contribution >= 0.6 is 0 Å². The van der Waals surface area contributed by atoms with Gasteiger partial charge in [-0.05, 0) is 25.5 Å². The number of hydrogen-bond donors (Lipinski definition) is 2. The minimum absolute atomic E-state index is 0.00356. The molecule has 104 valence electrons. The summed E-state index contributed by atoms with van der Waals surface area (Å²) < 4.78 is 5.46. The lowest BCUT2D eigenvalue weighted by Crippen LogP contribution is -2.23. The molecule has 5 heteroatoms. The van der Waals surface area contributed by atoms with E-state index in [2.05, 4.69) is 35.4 Å². The summed E-state index contributed by atoms with van der Waals surface area (Å²) in [7, 11) is 0. The van der Waals surface area contributed by atoms with Crippen molar-refractivity contribution >= 4 is 11.7 Å². The minimum Gasteiger partial charge on any atom is -0.463 e. The van der Waals surface area contributed by atoms with Gasteiger partial charge < -0.3 is 9.73 Å². The second kappa shape index (κ2) is 5.00. The molecule has 3 heterocycles. The summed E-state index contributed by atoms with van der Waals surface area (Å²) in [6, 6.07) is 3.73. The van der Waals surface area contributed by atoms with Gasteiger partial charge in [0.05, 0.1) is 6.26 Å². The van der Waals surface area contributed by atoms with Gasteiger partial charge in [-0.3, -0.25) is 9.89 Å². The number of rotatable bonds is 3. The van der Waals surface area contributed by atoms with Crippen molar-refractivity contribution in [2.75, 3.05) is 5.32 Å². The van der Waals surface area contributed by atoms with E-state index >= 15 is 0 Å². The van der Waals surface area contributed by atoms with Gasteiger partial charge in [-0.2, -0.15) is 5.10 Å². The van der Waals surface area contributed by atoms with Crippen molar-refractivity contribution in [1.82, 2.24) is 10.2 Å². The Bertz CT molecular complexity index is 653. The lowest BCUT2D eigenvalue weighted by atomic mass is 9.85. The number of nitrogens with one attached hydrogen (secondary N) is 2. The third-order valence-corrected chi connectivity index (χ3v) is 3.64. The van der Waals surface area contributed by atoms with Gasteiger partial charge in [0.1, 0.15) is 5.69 Å². The summed E-state index contributed by atoms with van der Waals surface area (Å²) in [5.41, 5.74) is 3.05. The average Bonchev–Trinajstić information content (AvgIpc) is 3.05. The molecule has 0 bridgehead atoms. The van der Waals surface area contributed by atoms with Crippen LogP contribution < -0.4 is 5.32 Å². The highest BCUT2D eigenvalue weighted by Crippen LogP contribution is 2.41. The Balaban J connectivity index is 2.11. The van der Waals surface area contributed by atoms with Crippen LogP contribution in [0.1, 0.15) is 38.2 Å². The van der Waals surface area contributed by atoms with Gasteiger partial charge in [-0.1, -0.05) is 18.6 Å². The fourth-order valence-electron chi connectivity index (χ4n) is 2.72. The van der Waals surface area contributed by atoms with E-state index < -0.39 is 0 Å². The van der Waals surface area contributed by atoms with E-state index in [-0.39, 0.29) is 11.8 Å². The molecule has 0 spiro atoms. The Morgan fingerprint density at radius 2 is 2.45 bits per heavy atom. The highest BCUT2D eigenvalue weighted by Gasteiger charge is 2.32. The standard InChI is InChI=1S/C15H17N3O2/c1-3-5-9(2)10-8-12(19)16-15-13(10)14(17-18-15)11-6-4-7-20-11/h4-7,10H,3,8H2,1-2H3,(H2,16,17,18,19)/b9-5+. The Kier molecular flexibility index (Phi) is 3.18. The van der Waals surface area contributed by atoms with E-state index in [9.17, 15) is 4.79 Å². The quantitative estimate of drug-likeness (QED) is 0.840. The Labute approximate surface area is 117 Å². The molecule has 1 atom stereocenters. The van der Waals surface area contributed by atoms with Crippen molar-refractivity contribution < 1.29 is 9.21 Å². The van der Waals surface area contributed by atoms with Crippen LogP contribution in [0.5, 0.6) is 0 Å². The number of aromatic nitrogens is 2. The third kappa shape index (κ3) is 2.05. The first-order valence-electron chi connectivity index (χ1n) is 6.79.